The van der Waals surface area contributed by atoms with Crippen LogP contribution in [0.15, 0.2) is 41.6 Å². The number of ether oxygens (including phenoxy) is 6. The maximum Gasteiger partial charge on any atom is 0.311 e. The van der Waals surface area contributed by atoms with E-state index in [1.54, 1.807) is 19.9 Å². The van der Waals surface area contributed by atoms with Gasteiger partial charge in [0.2, 0.25) is 0 Å². The molecule has 3 N–H and O–H groups in total. The molecule has 4 saturated heterocycles. The van der Waals surface area contributed by atoms with E-state index in [2.05, 4.69) is 15.1 Å². The fourth-order valence-corrected chi connectivity index (χ4v) is 9.89. The number of carbonyl (C=O) groups is 3. The summed E-state index contributed by atoms with van der Waals surface area (Å²) in [6.07, 6.45) is -3.83. The van der Waals surface area contributed by atoms with Crippen molar-refractivity contribution in [1.29, 1.82) is 0 Å². The molecular weight excluding hydrogens is 787 g/mol. The average molecular weight is 852 g/mol. The molecule has 0 unspecified atom stereocenters. The minimum Gasteiger partial charge on any atom is -0.458 e. The second-order valence-corrected chi connectivity index (χ2v) is 18.1. The number of likely N-dealkylation sites (N-methyl/N-ethyl adjacent to an activating group) is 1. The number of hydrogen-bond acceptors (Lipinski definition) is 16. The van der Waals surface area contributed by atoms with Crippen LogP contribution in [0.5, 0.6) is 0 Å². The lowest BCUT2D eigenvalue weighted by atomic mass is 9.70. The normalized spacial score (nSPS) is 38.5. The highest BCUT2D eigenvalue weighted by Gasteiger charge is 2.57. The summed E-state index contributed by atoms with van der Waals surface area (Å²) in [6.45, 7) is 14.6. The topological polar surface area (TPSA) is 203 Å². The number of aliphatic hydroxyl groups excluding tert-OH is 1. The van der Waals surface area contributed by atoms with Crippen molar-refractivity contribution in [2.45, 2.75) is 142 Å². The predicted molar refractivity (Wildman–Crippen MR) is 225 cm³/mol. The largest absolute Gasteiger partial charge is 0.458 e. The number of anilines is 1. The summed E-state index contributed by atoms with van der Waals surface area (Å²) < 4.78 is 39.0. The number of esters is 2. The molecule has 4 fully saturated rings. The van der Waals surface area contributed by atoms with Crippen LogP contribution in [0.1, 0.15) is 86.8 Å². The van der Waals surface area contributed by atoms with Gasteiger partial charge in [-0.25, -0.2) is 9.97 Å². The van der Waals surface area contributed by atoms with Gasteiger partial charge in [0.25, 0.3) is 0 Å². The Balaban J connectivity index is 1.38. The van der Waals surface area contributed by atoms with Crippen LogP contribution in [0, 0.1) is 29.6 Å². The number of carbonyl (C=O) groups excluding carboxylic acids is 3. The van der Waals surface area contributed by atoms with Crippen LogP contribution < -0.4 is 5.73 Å². The van der Waals surface area contributed by atoms with Gasteiger partial charge < -0.3 is 49.0 Å². The van der Waals surface area contributed by atoms with E-state index in [0.717, 1.165) is 0 Å². The van der Waals surface area contributed by atoms with E-state index in [1.165, 1.54) is 0 Å². The van der Waals surface area contributed by atoms with Gasteiger partial charge in [0.15, 0.2) is 12.9 Å². The lowest BCUT2D eigenvalue weighted by molar-refractivity contribution is -0.302. The van der Waals surface area contributed by atoms with Gasteiger partial charge in [0.1, 0.15) is 35.1 Å². The van der Waals surface area contributed by atoms with Crippen molar-refractivity contribution < 1.29 is 52.7 Å². The predicted octanol–water partition coefficient (Wildman–Crippen LogP) is 4.74. The van der Waals surface area contributed by atoms with Crippen molar-refractivity contribution in [2.24, 2.45) is 34.7 Å². The fourth-order valence-electron chi connectivity index (χ4n) is 9.89. The Morgan fingerprint density at radius 1 is 0.984 bits per heavy atom. The Kier molecular flexibility index (Phi) is 14.6. The Bertz CT molecular complexity index is 1910. The van der Waals surface area contributed by atoms with Gasteiger partial charge in [-0.2, -0.15) is 0 Å². The summed E-state index contributed by atoms with van der Waals surface area (Å²) in [5, 5.41) is 16.2. The third-order valence-electron chi connectivity index (χ3n) is 13.3. The number of ketones is 1. The van der Waals surface area contributed by atoms with Gasteiger partial charge in [0, 0.05) is 29.7 Å². The number of fused-ring (bicyclic) bond motifs is 4. The van der Waals surface area contributed by atoms with Gasteiger partial charge >= 0.3 is 11.9 Å². The van der Waals surface area contributed by atoms with Crippen molar-refractivity contribution in [3.8, 4) is 11.4 Å². The molecule has 336 valence electrons. The zero-order valence-electron chi connectivity index (χ0n) is 37.2. The maximum absolute atomic E-state index is 14.6. The van der Waals surface area contributed by atoms with E-state index in [1.807, 2.05) is 90.9 Å². The molecule has 2 aromatic heterocycles. The smallest absolute Gasteiger partial charge is 0.311 e. The summed E-state index contributed by atoms with van der Waals surface area (Å²) in [5.74, 6) is -3.99. The summed E-state index contributed by atoms with van der Waals surface area (Å²) >= 11 is 0. The molecule has 0 amide bonds. The van der Waals surface area contributed by atoms with Crippen molar-refractivity contribution in [3.05, 3.63) is 42.1 Å². The van der Waals surface area contributed by atoms with Crippen molar-refractivity contribution in [2.75, 3.05) is 33.0 Å². The number of cyclic esters (lactones) is 1. The van der Waals surface area contributed by atoms with Gasteiger partial charge in [-0.05, 0) is 85.3 Å². The third kappa shape index (κ3) is 10.1. The molecule has 4 aliphatic heterocycles. The number of nitrogens with zero attached hydrogens (tertiary/aromatic N) is 4. The fraction of sp³-hybridized carbons (Fsp3) is 0.689. The zero-order chi connectivity index (χ0) is 44.4. The highest BCUT2D eigenvalue weighted by atomic mass is 16.7. The molecule has 14 atom stereocenters. The molecule has 16 heteroatoms. The summed E-state index contributed by atoms with van der Waals surface area (Å²) in [7, 11) is 3.80. The number of pyridine rings is 2. The standard InChI is InChI=1S/C45H65N5O11/c1-11-35-45(8)31(19-37(51)61-45)26(4)38(52)24(2)20-44(7)41(60-43-39(53)34(50(9)10)18-25(3)58-43)27(5)40(28(6)42(54)59-35)55-21-30(22-56-44)49-57-23-29-14-12-15-32(47-29)33-16-13-17-36(46)48-33/h12-17,24-28,31,34-35,39-41,43,53H,11,18-23H2,1-10H3,(H2,46,48)/b49-30-/t24-,25-,26-,27-,28-,31+,34+,35-,39-,40+,41-,43+,44-,45+/m1/s1. The van der Waals surface area contributed by atoms with Crippen LogP contribution in [0.25, 0.3) is 11.4 Å². The first kappa shape index (κ1) is 46.4. The molecule has 2 bridgehead atoms. The highest BCUT2D eigenvalue weighted by molar-refractivity contribution is 5.87. The van der Waals surface area contributed by atoms with Crippen LogP contribution in [0.3, 0.4) is 0 Å². The monoisotopic (exact) mass is 851 g/mol. The molecule has 0 saturated carbocycles. The molecule has 6 heterocycles. The molecule has 0 aliphatic carbocycles. The average Bonchev–Trinajstić information content (AvgIpc) is 3.55. The molecule has 0 spiro atoms. The molecular formula is C45H65N5O11. The molecule has 16 nitrogen and oxygen atoms in total. The van der Waals surface area contributed by atoms with Crippen LogP contribution in [0.2, 0.25) is 0 Å². The Labute approximate surface area is 359 Å². The summed E-state index contributed by atoms with van der Waals surface area (Å²) in [6, 6.07) is 10.6. The molecule has 6 rings (SSSR count). The number of aliphatic hydroxyl groups is 1. The number of nitrogens with two attached hydrogens (primary N) is 1. The molecule has 0 radical (unpaired) electrons. The van der Waals surface area contributed by atoms with Crippen LogP contribution in [0.4, 0.5) is 5.82 Å². The molecule has 2 aromatic rings. The lowest BCUT2D eigenvalue weighted by Gasteiger charge is -2.48. The highest BCUT2D eigenvalue weighted by Crippen LogP contribution is 2.46. The van der Waals surface area contributed by atoms with Crippen LogP contribution in [-0.4, -0.2) is 125 Å². The summed E-state index contributed by atoms with van der Waals surface area (Å²) in [5.41, 5.74) is 5.63. The first-order chi connectivity index (χ1) is 28.8. The number of Topliss-reactive ketones (excluding diaryl/α,β-unsaturated/α-hetero) is 1. The van der Waals surface area contributed by atoms with E-state index in [-0.39, 0.29) is 50.6 Å². The quantitative estimate of drug-likeness (QED) is 0.272. The van der Waals surface area contributed by atoms with E-state index in [0.29, 0.717) is 41.5 Å². The van der Waals surface area contributed by atoms with Crippen molar-refractivity contribution >= 4 is 29.3 Å². The number of hydrogen-bond donors (Lipinski definition) is 2. The Morgan fingerprint density at radius 3 is 2.38 bits per heavy atom. The minimum atomic E-state index is -1.26. The van der Waals surface area contributed by atoms with Crippen LogP contribution in [-0.2, 0) is 54.2 Å². The first-order valence-electron chi connectivity index (χ1n) is 21.6. The number of oxime groups is 1. The van der Waals surface area contributed by atoms with Crippen LogP contribution >= 0.6 is 0 Å². The number of rotatable bonds is 8. The Hall–Kier alpha value is -4.06. The third-order valence-corrected chi connectivity index (χ3v) is 13.3. The van der Waals surface area contributed by atoms with Crippen molar-refractivity contribution in [3.63, 3.8) is 0 Å². The number of aromatic nitrogens is 2. The zero-order valence-corrected chi connectivity index (χ0v) is 37.2. The minimum absolute atomic E-state index is 0.0136. The summed E-state index contributed by atoms with van der Waals surface area (Å²) in [4.78, 5) is 58.9. The van der Waals surface area contributed by atoms with Gasteiger partial charge in [-0.15, -0.1) is 0 Å². The Morgan fingerprint density at radius 2 is 1.69 bits per heavy atom. The molecule has 0 aromatic carbocycles. The maximum atomic E-state index is 14.6. The van der Waals surface area contributed by atoms with Crippen molar-refractivity contribution in [1.82, 2.24) is 14.9 Å². The number of nitrogen functional groups attached to an aromatic ring is 1. The van der Waals surface area contributed by atoms with Gasteiger partial charge in [-0.3, -0.25) is 14.4 Å². The van der Waals surface area contributed by atoms with Gasteiger partial charge in [0.05, 0.1) is 66.5 Å². The second-order valence-electron chi connectivity index (χ2n) is 18.1. The van der Waals surface area contributed by atoms with Gasteiger partial charge in [-0.1, -0.05) is 45.0 Å². The molecule has 61 heavy (non-hydrogen) atoms. The van der Waals surface area contributed by atoms with E-state index < -0.39 is 83.4 Å². The lowest BCUT2D eigenvalue weighted by Crippen LogP contribution is -2.60. The van der Waals surface area contributed by atoms with E-state index in [9.17, 15) is 19.5 Å². The van der Waals surface area contributed by atoms with E-state index in [4.69, 9.17) is 39.0 Å². The SMILES string of the molecule is CC[C@H]1OC(=O)[C@H](C)[C@H]2OC/C(=N/OCc3cccc(-c4cccc(N)n4)n3)CO[C@](C)(C[C@@H](C)C(=O)[C@H](C)[C@@H]3CC(=O)O[C@]13C)[C@H](O[C@@H]1O[C@H](C)C[C@H](N(C)C)[C@H]1O)[C@@H]2C. The second kappa shape index (κ2) is 19.1. The molecule has 4 aliphatic rings. The first-order valence-corrected chi connectivity index (χ1v) is 21.6. The van der Waals surface area contributed by atoms with E-state index >= 15 is 0 Å².